The van der Waals surface area contributed by atoms with E-state index in [0.29, 0.717) is 6.67 Å². The van der Waals surface area contributed by atoms with E-state index < -0.39 is 0 Å². The molecule has 0 bridgehead atoms. The van der Waals surface area contributed by atoms with E-state index >= 15 is 0 Å². The Labute approximate surface area is 162 Å². The molecule has 3 rings (SSSR count). The number of benzene rings is 1. The molecule has 0 saturated carbocycles. The minimum absolute atomic E-state index is 0.704. The summed E-state index contributed by atoms with van der Waals surface area (Å²) in [6, 6.07) is 5.87. The third-order valence-electron chi connectivity index (χ3n) is 4.14. The second-order valence-electron chi connectivity index (χ2n) is 6.00. The van der Waals surface area contributed by atoms with E-state index in [1.807, 2.05) is 29.8 Å². The Bertz CT molecular complexity index is 830. The molecular weight excluding hydrogens is 374 g/mol. The number of hydrogen-bond acceptors (Lipinski definition) is 6. The van der Waals surface area contributed by atoms with E-state index in [2.05, 4.69) is 26.1 Å². The summed E-state index contributed by atoms with van der Waals surface area (Å²) in [6.07, 6.45) is 5.37. The molecule has 132 valence electrons. The predicted molar refractivity (Wildman–Crippen MR) is 107 cm³/mol. The van der Waals surface area contributed by atoms with Gasteiger partial charge in [-0.25, -0.2) is 4.68 Å². The van der Waals surface area contributed by atoms with Gasteiger partial charge in [0.2, 0.25) is 5.13 Å². The Balaban J connectivity index is 1.62. The topological polar surface area (TPSA) is 36.3 Å². The van der Waals surface area contributed by atoms with Gasteiger partial charge in [-0.05, 0) is 36.8 Å². The molecule has 2 heterocycles. The lowest BCUT2D eigenvalue weighted by molar-refractivity contribution is 0.112. The largest absolute Gasteiger partial charge is 0.330 e. The first-order chi connectivity index (χ1) is 12.0. The second-order valence-corrected chi connectivity index (χ2v) is 8.03. The Morgan fingerprint density at radius 3 is 2.72 bits per heavy atom. The van der Waals surface area contributed by atoms with Gasteiger partial charge in [0.25, 0.3) is 0 Å². The van der Waals surface area contributed by atoms with Crippen LogP contribution < -0.4 is 5.32 Å². The molecule has 0 aliphatic carbocycles. The van der Waals surface area contributed by atoms with Gasteiger partial charge in [-0.1, -0.05) is 34.9 Å². The van der Waals surface area contributed by atoms with Gasteiger partial charge in [-0.2, -0.15) is 0 Å². The molecule has 1 saturated heterocycles. The van der Waals surface area contributed by atoms with Crippen molar-refractivity contribution in [2.24, 2.45) is 0 Å². The van der Waals surface area contributed by atoms with E-state index in [0.717, 1.165) is 58.1 Å². The van der Waals surface area contributed by atoms with Crippen LogP contribution in [0.5, 0.6) is 0 Å². The van der Waals surface area contributed by atoms with Crippen molar-refractivity contribution in [2.45, 2.75) is 13.6 Å². The monoisotopic (exact) mass is 393 g/mol. The van der Waals surface area contributed by atoms with Gasteiger partial charge in [0, 0.05) is 36.9 Å². The lowest BCUT2D eigenvalue weighted by Gasteiger charge is -2.33. The summed E-state index contributed by atoms with van der Waals surface area (Å²) in [5.74, 6) is 2.70. The maximum Gasteiger partial charge on any atom is 0.209 e. The first-order valence-corrected chi connectivity index (χ1v) is 9.65. The molecule has 25 heavy (non-hydrogen) atoms. The van der Waals surface area contributed by atoms with Crippen molar-refractivity contribution >= 4 is 46.0 Å². The molecule has 1 aliphatic rings. The molecule has 0 radical (unpaired) electrons. The Morgan fingerprint density at radius 2 is 2.04 bits per heavy atom. The summed E-state index contributed by atoms with van der Waals surface area (Å²) in [5, 5.41) is 9.38. The minimum atomic E-state index is 0.704. The fraction of sp³-hybridized carbons (Fsp3) is 0.412. The molecule has 1 aromatic carbocycles. The van der Waals surface area contributed by atoms with E-state index in [9.17, 15) is 0 Å². The number of aryl methyl sites for hydroxylation is 1. The average Bonchev–Trinajstić information content (AvgIpc) is 2.92. The zero-order chi connectivity index (χ0) is 17.8. The highest BCUT2D eigenvalue weighted by Crippen LogP contribution is 2.25. The van der Waals surface area contributed by atoms with Crippen LogP contribution in [0.2, 0.25) is 5.02 Å². The zero-order valence-corrected chi connectivity index (χ0v) is 16.4. The summed E-state index contributed by atoms with van der Waals surface area (Å²) in [6.45, 7) is 7.30. The van der Waals surface area contributed by atoms with Crippen molar-refractivity contribution in [1.29, 1.82) is 0 Å². The van der Waals surface area contributed by atoms with Gasteiger partial charge in [-0.15, -0.1) is 11.5 Å². The predicted octanol–water partition coefficient (Wildman–Crippen LogP) is 3.59. The van der Waals surface area contributed by atoms with E-state index in [1.54, 1.807) is 0 Å². The Morgan fingerprint density at radius 1 is 1.32 bits per heavy atom. The molecule has 5 nitrogen and oxygen atoms in total. The van der Waals surface area contributed by atoms with Gasteiger partial charge in [0.15, 0.2) is 3.95 Å². The van der Waals surface area contributed by atoms with E-state index in [1.165, 1.54) is 11.3 Å². The molecule has 0 spiro atoms. The molecule has 1 aromatic heterocycles. The number of piperazine rings is 1. The number of nitrogens with one attached hydrogen (secondary N) is 1. The number of hydrogen-bond donors (Lipinski definition) is 1. The average molecular weight is 394 g/mol. The van der Waals surface area contributed by atoms with Crippen LogP contribution >= 0.6 is 35.2 Å². The van der Waals surface area contributed by atoms with Crippen LogP contribution in [0.3, 0.4) is 0 Å². The molecule has 0 amide bonds. The van der Waals surface area contributed by atoms with E-state index in [4.69, 9.17) is 30.2 Å². The van der Waals surface area contributed by atoms with Gasteiger partial charge in [-0.3, -0.25) is 9.80 Å². The normalized spacial score (nSPS) is 15.9. The van der Waals surface area contributed by atoms with Crippen molar-refractivity contribution < 1.29 is 0 Å². The van der Waals surface area contributed by atoms with Crippen molar-refractivity contribution in [3.63, 3.8) is 0 Å². The minimum Gasteiger partial charge on any atom is -0.330 e. The fourth-order valence-electron chi connectivity index (χ4n) is 2.65. The van der Waals surface area contributed by atoms with Crippen LogP contribution in [0.25, 0.3) is 0 Å². The van der Waals surface area contributed by atoms with E-state index in [-0.39, 0.29) is 0 Å². The Kier molecular flexibility index (Phi) is 6.10. The summed E-state index contributed by atoms with van der Waals surface area (Å²) < 4.78 is 2.63. The van der Waals surface area contributed by atoms with Crippen LogP contribution in [0.1, 0.15) is 5.56 Å². The van der Waals surface area contributed by atoms with Crippen molar-refractivity contribution in [3.05, 3.63) is 32.7 Å². The first-order valence-electron chi connectivity index (χ1n) is 8.04. The van der Waals surface area contributed by atoms with Crippen LogP contribution in [0, 0.1) is 23.2 Å². The summed E-state index contributed by atoms with van der Waals surface area (Å²) in [7, 11) is 0. The number of terminal acetylenes is 1. The van der Waals surface area contributed by atoms with Gasteiger partial charge in [0.1, 0.15) is 0 Å². The first kappa shape index (κ1) is 18.4. The standard InChI is InChI=1S/C17H20ClN5S2/c1-3-6-21-7-9-22(10-8-21)12-23-17(24)25-16(20-23)19-14-5-4-13(2)15(18)11-14/h1,4-5,11H,6-10,12H2,2H3,(H,19,20). The number of aromatic nitrogens is 2. The molecule has 1 N–H and O–H groups in total. The van der Waals surface area contributed by atoms with Crippen LogP contribution in [0.4, 0.5) is 10.8 Å². The molecule has 0 unspecified atom stereocenters. The molecule has 1 aliphatic heterocycles. The quantitative estimate of drug-likeness (QED) is 0.620. The zero-order valence-electron chi connectivity index (χ0n) is 14.0. The van der Waals surface area contributed by atoms with Gasteiger partial charge >= 0.3 is 0 Å². The summed E-state index contributed by atoms with van der Waals surface area (Å²) >= 11 is 13.1. The second kappa shape index (κ2) is 8.30. The third kappa shape index (κ3) is 4.81. The van der Waals surface area contributed by atoms with Gasteiger partial charge < -0.3 is 5.32 Å². The third-order valence-corrected chi connectivity index (χ3v) is 5.77. The molecule has 0 atom stereocenters. The number of nitrogens with zero attached hydrogens (tertiary/aromatic N) is 4. The molecule has 8 heteroatoms. The lowest BCUT2D eigenvalue weighted by atomic mass is 10.2. The molecule has 1 fully saturated rings. The van der Waals surface area contributed by atoms with Crippen LogP contribution in [-0.2, 0) is 6.67 Å². The highest BCUT2D eigenvalue weighted by atomic mass is 35.5. The number of anilines is 2. The lowest BCUT2D eigenvalue weighted by Crippen LogP contribution is -2.46. The van der Waals surface area contributed by atoms with Crippen molar-refractivity contribution in [1.82, 2.24) is 19.6 Å². The smallest absolute Gasteiger partial charge is 0.209 e. The van der Waals surface area contributed by atoms with Crippen LogP contribution in [0.15, 0.2) is 18.2 Å². The Hall–Kier alpha value is -1.43. The van der Waals surface area contributed by atoms with Gasteiger partial charge in [0.05, 0.1) is 13.2 Å². The number of rotatable bonds is 5. The van der Waals surface area contributed by atoms with Crippen LogP contribution in [-0.4, -0.2) is 52.3 Å². The number of halogens is 1. The maximum atomic E-state index is 6.17. The van der Waals surface area contributed by atoms with Crippen molar-refractivity contribution in [3.8, 4) is 12.3 Å². The summed E-state index contributed by atoms with van der Waals surface area (Å²) in [5.41, 5.74) is 1.96. The molecular formula is C17H20ClN5S2. The maximum absolute atomic E-state index is 6.17. The molecule has 2 aromatic rings. The SMILES string of the molecule is C#CCN1CCN(Cn2nc(Nc3ccc(C)c(Cl)c3)sc2=S)CC1. The highest BCUT2D eigenvalue weighted by molar-refractivity contribution is 7.73. The summed E-state index contributed by atoms with van der Waals surface area (Å²) in [4.78, 5) is 4.63. The highest BCUT2D eigenvalue weighted by Gasteiger charge is 2.17. The fourth-order valence-corrected chi connectivity index (χ4v) is 3.84. The van der Waals surface area contributed by atoms with Crippen molar-refractivity contribution in [2.75, 3.05) is 38.0 Å².